The number of hydrogen-bond donors (Lipinski definition) is 1. The molecule has 5 nitrogen and oxygen atoms in total. The molecule has 1 amide bonds. The van der Waals surface area contributed by atoms with Crippen molar-refractivity contribution >= 4 is 29.0 Å². The van der Waals surface area contributed by atoms with E-state index in [1.807, 2.05) is 41.8 Å². The van der Waals surface area contributed by atoms with Gasteiger partial charge in [-0.05, 0) is 41.1 Å². The SMILES string of the molecule is CC(C)CNC(=O)c1ccccc1CSc1nnc(-c2cccs2)n1-c1ccccc1F. The van der Waals surface area contributed by atoms with Crippen LogP contribution in [0, 0.1) is 11.7 Å². The van der Waals surface area contributed by atoms with Crippen molar-refractivity contribution in [3.63, 3.8) is 0 Å². The highest BCUT2D eigenvalue weighted by atomic mass is 32.2. The van der Waals surface area contributed by atoms with E-state index in [0.29, 0.717) is 40.4 Å². The molecular weight excluding hydrogens is 443 g/mol. The second kappa shape index (κ2) is 10.1. The number of benzene rings is 2. The number of carbonyl (C=O) groups is 1. The zero-order chi connectivity index (χ0) is 22.5. The highest BCUT2D eigenvalue weighted by Gasteiger charge is 2.20. The fourth-order valence-electron chi connectivity index (χ4n) is 3.18. The van der Waals surface area contributed by atoms with E-state index in [4.69, 9.17) is 0 Å². The van der Waals surface area contributed by atoms with Crippen LogP contribution in [-0.4, -0.2) is 27.2 Å². The molecule has 2 aromatic carbocycles. The van der Waals surface area contributed by atoms with Crippen LogP contribution in [0.25, 0.3) is 16.4 Å². The molecule has 0 aliphatic rings. The summed E-state index contributed by atoms with van der Waals surface area (Å²) >= 11 is 2.95. The molecule has 0 aliphatic carbocycles. The van der Waals surface area contributed by atoms with Crippen LogP contribution in [-0.2, 0) is 5.75 Å². The Bertz CT molecular complexity index is 1200. The summed E-state index contributed by atoms with van der Waals surface area (Å²) in [6.07, 6.45) is 0. The van der Waals surface area contributed by atoms with Gasteiger partial charge in [-0.1, -0.05) is 62.0 Å². The fraction of sp³-hybridized carbons (Fsp3) is 0.208. The average Bonchev–Trinajstić information content (AvgIpc) is 3.46. The van der Waals surface area contributed by atoms with E-state index in [2.05, 4.69) is 29.4 Å². The number of para-hydroxylation sites is 1. The quantitative estimate of drug-likeness (QED) is 0.333. The second-order valence-corrected chi connectivity index (χ2v) is 9.51. The second-order valence-electron chi connectivity index (χ2n) is 7.62. The number of aromatic nitrogens is 3. The molecule has 1 N–H and O–H groups in total. The molecule has 0 atom stereocenters. The number of thioether (sulfide) groups is 1. The highest BCUT2D eigenvalue weighted by Crippen LogP contribution is 2.33. The molecule has 8 heteroatoms. The third-order valence-corrected chi connectivity index (χ3v) is 6.60. The third kappa shape index (κ3) is 4.92. The minimum absolute atomic E-state index is 0.0928. The Balaban J connectivity index is 1.64. The van der Waals surface area contributed by atoms with Gasteiger partial charge >= 0.3 is 0 Å². The van der Waals surface area contributed by atoms with Gasteiger partial charge in [-0.3, -0.25) is 9.36 Å². The van der Waals surface area contributed by atoms with Gasteiger partial charge < -0.3 is 5.32 Å². The Morgan fingerprint density at radius 2 is 1.88 bits per heavy atom. The number of thiophene rings is 1. The van der Waals surface area contributed by atoms with Crippen molar-refractivity contribution in [1.29, 1.82) is 0 Å². The van der Waals surface area contributed by atoms with Crippen molar-refractivity contribution in [2.24, 2.45) is 5.92 Å². The topological polar surface area (TPSA) is 59.8 Å². The predicted molar refractivity (Wildman–Crippen MR) is 128 cm³/mol. The molecule has 32 heavy (non-hydrogen) atoms. The van der Waals surface area contributed by atoms with Crippen LogP contribution in [0.2, 0.25) is 0 Å². The molecule has 2 heterocycles. The van der Waals surface area contributed by atoms with E-state index in [1.165, 1.54) is 29.2 Å². The summed E-state index contributed by atoms with van der Waals surface area (Å²) in [6.45, 7) is 4.73. The molecule has 4 aromatic rings. The first kappa shape index (κ1) is 22.2. The summed E-state index contributed by atoms with van der Waals surface area (Å²) in [5.41, 5.74) is 1.92. The minimum atomic E-state index is -0.347. The van der Waals surface area contributed by atoms with Crippen molar-refractivity contribution in [3.05, 3.63) is 83.0 Å². The molecule has 2 aromatic heterocycles. The number of hydrogen-bond acceptors (Lipinski definition) is 5. The lowest BCUT2D eigenvalue weighted by Crippen LogP contribution is -2.28. The van der Waals surface area contributed by atoms with Crippen molar-refractivity contribution in [2.75, 3.05) is 6.54 Å². The van der Waals surface area contributed by atoms with E-state index >= 15 is 0 Å². The lowest BCUT2D eigenvalue weighted by molar-refractivity contribution is 0.0948. The van der Waals surface area contributed by atoms with E-state index < -0.39 is 0 Å². The summed E-state index contributed by atoms with van der Waals surface area (Å²) in [4.78, 5) is 13.6. The molecule has 0 spiro atoms. The Morgan fingerprint density at radius 1 is 1.09 bits per heavy atom. The maximum Gasteiger partial charge on any atom is 0.251 e. The van der Waals surface area contributed by atoms with Crippen molar-refractivity contribution in [2.45, 2.75) is 24.8 Å². The first-order chi connectivity index (χ1) is 15.5. The molecule has 0 saturated heterocycles. The summed E-state index contributed by atoms with van der Waals surface area (Å²) in [6, 6.07) is 18.0. The standard InChI is InChI=1S/C24H23FN4OS2/c1-16(2)14-26-23(30)18-9-4-3-8-17(18)15-32-24-28-27-22(21-12-7-13-31-21)29(24)20-11-6-5-10-19(20)25/h3-13,16H,14-15H2,1-2H3,(H,26,30). The fourth-order valence-corrected chi connectivity index (χ4v) is 4.83. The number of halogens is 1. The zero-order valence-electron chi connectivity index (χ0n) is 17.8. The Morgan fingerprint density at radius 3 is 2.62 bits per heavy atom. The molecule has 0 aliphatic heterocycles. The van der Waals surface area contributed by atoms with Gasteiger partial charge in [0.1, 0.15) is 5.82 Å². The van der Waals surface area contributed by atoms with Gasteiger partial charge in [0.05, 0.1) is 10.6 Å². The smallest absolute Gasteiger partial charge is 0.251 e. The number of rotatable bonds is 8. The number of carbonyl (C=O) groups excluding carboxylic acids is 1. The number of amides is 1. The van der Waals surface area contributed by atoms with Crippen LogP contribution in [0.3, 0.4) is 0 Å². The lowest BCUT2D eigenvalue weighted by Gasteiger charge is -2.13. The van der Waals surface area contributed by atoms with E-state index in [9.17, 15) is 9.18 Å². The van der Waals surface area contributed by atoms with Gasteiger partial charge in [-0.25, -0.2) is 4.39 Å². The maximum atomic E-state index is 14.7. The predicted octanol–water partition coefficient (Wildman–Crippen LogP) is 5.81. The molecular formula is C24H23FN4OS2. The summed E-state index contributed by atoms with van der Waals surface area (Å²) in [5.74, 6) is 1.03. The first-order valence-electron chi connectivity index (χ1n) is 10.3. The molecule has 4 rings (SSSR count). The molecule has 0 radical (unpaired) electrons. The van der Waals surface area contributed by atoms with E-state index in [1.54, 1.807) is 22.8 Å². The van der Waals surface area contributed by atoms with Gasteiger partial charge in [-0.15, -0.1) is 21.5 Å². The monoisotopic (exact) mass is 466 g/mol. The average molecular weight is 467 g/mol. The molecule has 0 saturated carbocycles. The van der Waals surface area contributed by atoms with Crippen molar-refractivity contribution in [1.82, 2.24) is 20.1 Å². The summed E-state index contributed by atoms with van der Waals surface area (Å²) in [5, 5.41) is 14.2. The van der Waals surface area contributed by atoms with Gasteiger partial charge in [0.15, 0.2) is 11.0 Å². The van der Waals surface area contributed by atoms with Crippen molar-refractivity contribution in [3.8, 4) is 16.4 Å². The normalized spacial score (nSPS) is 11.1. The third-order valence-electron chi connectivity index (χ3n) is 4.76. The maximum absolute atomic E-state index is 14.7. The van der Waals surface area contributed by atoms with Gasteiger partial charge in [0.25, 0.3) is 5.91 Å². The van der Waals surface area contributed by atoms with Crippen LogP contribution < -0.4 is 5.32 Å². The van der Waals surface area contributed by atoms with Crippen LogP contribution in [0.5, 0.6) is 0 Å². The van der Waals surface area contributed by atoms with E-state index in [-0.39, 0.29) is 11.7 Å². The Kier molecular flexibility index (Phi) is 7.02. The van der Waals surface area contributed by atoms with E-state index in [0.717, 1.165) is 10.4 Å². The van der Waals surface area contributed by atoms with Gasteiger partial charge in [-0.2, -0.15) is 0 Å². The van der Waals surface area contributed by atoms with Crippen LogP contribution in [0.4, 0.5) is 4.39 Å². The summed E-state index contributed by atoms with van der Waals surface area (Å²) < 4.78 is 16.4. The molecule has 0 fully saturated rings. The minimum Gasteiger partial charge on any atom is -0.352 e. The summed E-state index contributed by atoms with van der Waals surface area (Å²) in [7, 11) is 0. The molecule has 0 unspecified atom stereocenters. The van der Waals surface area contributed by atoms with Crippen molar-refractivity contribution < 1.29 is 9.18 Å². The van der Waals surface area contributed by atoms with Gasteiger partial charge in [0.2, 0.25) is 0 Å². The van der Waals surface area contributed by atoms with Crippen LogP contribution in [0.1, 0.15) is 29.8 Å². The molecule has 164 valence electrons. The van der Waals surface area contributed by atoms with Crippen LogP contribution in [0.15, 0.2) is 71.2 Å². The largest absolute Gasteiger partial charge is 0.352 e. The first-order valence-corrected chi connectivity index (χ1v) is 12.1. The van der Waals surface area contributed by atoms with Crippen LogP contribution >= 0.6 is 23.1 Å². The lowest BCUT2D eigenvalue weighted by atomic mass is 10.1. The zero-order valence-corrected chi connectivity index (χ0v) is 19.4. The number of nitrogens with zero attached hydrogens (tertiary/aromatic N) is 3. The Labute approximate surface area is 194 Å². The number of nitrogens with one attached hydrogen (secondary N) is 1. The van der Waals surface area contributed by atoms with Gasteiger partial charge in [0, 0.05) is 17.9 Å². The highest BCUT2D eigenvalue weighted by molar-refractivity contribution is 7.98. The molecule has 0 bridgehead atoms. The Hall–Kier alpha value is -2.97.